The molecule has 0 fully saturated rings. The fourth-order valence-electron chi connectivity index (χ4n) is 6.84. The van der Waals surface area contributed by atoms with E-state index in [2.05, 4.69) is 173 Å². The summed E-state index contributed by atoms with van der Waals surface area (Å²) < 4.78 is 0. The average molecular weight is 565 g/mol. The Morgan fingerprint density at radius 3 is 0.841 bits per heavy atom. The highest BCUT2D eigenvalue weighted by Gasteiger charge is 2.11. The first-order valence-corrected chi connectivity index (χ1v) is 15.5. The zero-order chi connectivity index (χ0) is 30.2. The Balaban J connectivity index is 0.000000165. The molecule has 0 spiro atoms. The molecular weight excluding hydrogens is 528 g/mol. The number of hydrogen-bond acceptors (Lipinski definition) is 0. The summed E-state index contributed by atoms with van der Waals surface area (Å²) in [7, 11) is 0. The molecule has 0 saturated carbocycles. The maximum atomic E-state index is 2.34. The molecule has 0 aliphatic carbocycles. The molecule has 0 nitrogen and oxygen atoms in total. The molecule has 212 valence electrons. The second-order valence-corrected chi connectivity index (χ2v) is 11.8. The lowest BCUT2D eigenvalue weighted by atomic mass is 9.89. The molecule has 0 saturated heterocycles. The lowest BCUT2D eigenvalue weighted by Gasteiger charge is -2.15. The molecule has 0 atom stereocenters. The fraction of sp³-hybridized carbons (Fsp3) is 0.0909. The summed E-state index contributed by atoms with van der Waals surface area (Å²) in [6, 6.07) is 52.3. The number of rotatable bonds is 2. The molecule has 0 aromatic heterocycles. The van der Waals surface area contributed by atoms with Crippen molar-refractivity contribution in [2.24, 2.45) is 0 Å². The summed E-state index contributed by atoms with van der Waals surface area (Å²) in [4.78, 5) is 0. The van der Waals surface area contributed by atoms with Crippen molar-refractivity contribution in [3.63, 3.8) is 0 Å². The summed E-state index contributed by atoms with van der Waals surface area (Å²) >= 11 is 0. The molecular formula is C44H36. The average Bonchev–Trinajstić information content (AvgIpc) is 3.10. The van der Waals surface area contributed by atoms with Crippen LogP contribution >= 0.6 is 0 Å². The van der Waals surface area contributed by atoms with Crippen LogP contribution in [0.4, 0.5) is 0 Å². The lowest BCUT2D eigenvalue weighted by Crippen LogP contribution is -1.90. The smallest absolute Gasteiger partial charge is 0.0139 e. The standard InChI is InChI=1S/C28H22.C16H14/c1-19-25-15-13-24(22-11-7-4-8-12-22)18-28(25)20(2)26-16-14-23(17-27(19)26)21-9-5-3-6-10-21;1-11-13-7-3-5-9-15(13)12(2)16-10-6-4-8-14(11)16/h3-18H,1-2H3;3-10H,1-2H3. The van der Waals surface area contributed by atoms with Crippen molar-refractivity contribution in [3.8, 4) is 22.3 Å². The minimum Gasteiger partial charge on any atom is -0.0622 e. The second kappa shape index (κ2) is 11.5. The molecule has 0 heteroatoms. The van der Waals surface area contributed by atoms with Crippen LogP contribution in [-0.4, -0.2) is 0 Å². The number of aryl methyl sites for hydroxylation is 4. The van der Waals surface area contributed by atoms with Gasteiger partial charge in [-0.1, -0.05) is 133 Å². The van der Waals surface area contributed by atoms with Gasteiger partial charge in [-0.3, -0.25) is 0 Å². The van der Waals surface area contributed by atoms with Crippen LogP contribution in [0.5, 0.6) is 0 Å². The van der Waals surface area contributed by atoms with E-state index in [0.29, 0.717) is 0 Å². The van der Waals surface area contributed by atoms with Crippen molar-refractivity contribution in [1.29, 1.82) is 0 Å². The van der Waals surface area contributed by atoms with Gasteiger partial charge in [0.2, 0.25) is 0 Å². The van der Waals surface area contributed by atoms with E-state index in [-0.39, 0.29) is 0 Å². The minimum atomic E-state index is 1.26. The zero-order valence-electron chi connectivity index (χ0n) is 25.9. The van der Waals surface area contributed by atoms with Crippen molar-refractivity contribution in [3.05, 3.63) is 168 Å². The molecule has 8 aromatic carbocycles. The summed E-state index contributed by atoms with van der Waals surface area (Å²) in [5, 5.41) is 10.9. The SMILES string of the molecule is Cc1c2ccc(-c3ccccc3)cc2c(C)c2ccc(-c3ccccc3)cc12.Cc1c2ccccc2c(C)c2ccccc12. The first-order chi connectivity index (χ1) is 21.5. The van der Waals surface area contributed by atoms with E-state index < -0.39 is 0 Å². The maximum Gasteiger partial charge on any atom is -0.0139 e. The molecule has 0 unspecified atom stereocenters. The van der Waals surface area contributed by atoms with Crippen LogP contribution in [0.25, 0.3) is 65.3 Å². The summed E-state index contributed by atoms with van der Waals surface area (Å²) in [6.45, 7) is 8.93. The van der Waals surface area contributed by atoms with Crippen LogP contribution in [0.15, 0.2) is 146 Å². The molecule has 0 bridgehead atoms. The van der Waals surface area contributed by atoms with Crippen molar-refractivity contribution in [1.82, 2.24) is 0 Å². The Morgan fingerprint density at radius 1 is 0.227 bits per heavy atom. The second-order valence-electron chi connectivity index (χ2n) is 11.8. The lowest BCUT2D eigenvalue weighted by molar-refractivity contribution is 1.51. The van der Waals surface area contributed by atoms with E-state index >= 15 is 0 Å². The van der Waals surface area contributed by atoms with Gasteiger partial charge in [0.05, 0.1) is 0 Å². The van der Waals surface area contributed by atoms with Gasteiger partial charge >= 0.3 is 0 Å². The predicted molar refractivity (Wildman–Crippen MR) is 193 cm³/mol. The molecule has 8 rings (SSSR count). The van der Waals surface area contributed by atoms with Crippen molar-refractivity contribution in [2.75, 3.05) is 0 Å². The van der Waals surface area contributed by atoms with Crippen molar-refractivity contribution in [2.45, 2.75) is 27.7 Å². The highest BCUT2D eigenvalue weighted by molar-refractivity contribution is 6.08. The van der Waals surface area contributed by atoms with E-state index in [1.165, 1.54) is 87.6 Å². The van der Waals surface area contributed by atoms with Gasteiger partial charge in [0.25, 0.3) is 0 Å². The first kappa shape index (κ1) is 27.6. The van der Waals surface area contributed by atoms with Gasteiger partial charge in [-0.25, -0.2) is 0 Å². The highest BCUT2D eigenvalue weighted by atomic mass is 14.2. The first-order valence-electron chi connectivity index (χ1n) is 15.5. The molecule has 0 radical (unpaired) electrons. The topological polar surface area (TPSA) is 0 Å². The van der Waals surface area contributed by atoms with E-state index in [9.17, 15) is 0 Å². The molecule has 0 aliphatic rings. The molecule has 8 aromatic rings. The van der Waals surface area contributed by atoms with Crippen LogP contribution in [0.3, 0.4) is 0 Å². The third kappa shape index (κ3) is 4.83. The number of fused-ring (bicyclic) bond motifs is 4. The van der Waals surface area contributed by atoms with Gasteiger partial charge in [0, 0.05) is 0 Å². The Kier molecular flexibility index (Phi) is 7.20. The fourth-order valence-corrected chi connectivity index (χ4v) is 6.84. The monoisotopic (exact) mass is 564 g/mol. The van der Waals surface area contributed by atoms with E-state index in [1.54, 1.807) is 0 Å². The normalized spacial score (nSPS) is 11.2. The minimum absolute atomic E-state index is 1.26. The van der Waals surface area contributed by atoms with Crippen LogP contribution < -0.4 is 0 Å². The quantitative estimate of drug-likeness (QED) is 0.183. The van der Waals surface area contributed by atoms with Gasteiger partial charge in [-0.15, -0.1) is 0 Å². The Morgan fingerprint density at radius 2 is 0.500 bits per heavy atom. The van der Waals surface area contributed by atoms with Crippen LogP contribution in [0, 0.1) is 27.7 Å². The van der Waals surface area contributed by atoms with Gasteiger partial charge in [0.15, 0.2) is 0 Å². The van der Waals surface area contributed by atoms with Crippen LogP contribution in [0.2, 0.25) is 0 Å². The van der Waals surface area contributed by atoms with Crippen LogP contribution in [-0.2, 0) is 0 Å². The van der Waals surface area contributed by atoms with Crippen molar-refractivity contribution < 1.29 is 0 Å². The summed E-state index contributed by atoms with van der Waals surface area (Å²) in [6.07, 6.45) is 0. The van der Waals surface area contributed by atoms with Gasteiger partial charge < -0.3 is 0 Å². The molecule has 0 N–H and O–H groups in total. The zero-order valence-corrected chi connectivity index (χ0v) is 25.9. The van der Waals surface area contributed by atoms with E-state index in [1.807, 2.05) is 0 Å². The number of hydrogen-bond donors (Lipinski definition) is 0. The third-order valence-electron chi connectivity index (χ3n) is 9.34. The number of benzene rings is 8. The van der Waals surface area contributed by atoms with Crippen molar-refractivity contribution >= 4 is 43.1 Å². The molecule has 0 heterocycles. The highest BCUT2D eigenvalue weighted by Crippen LogP contribution is 2.37. The van der Waals surface area contributed by atoms with Gasteiger partial charge in [-0.05, 0) is 127 Å². The largest absolute Gasteiger partial charge is 0.0622 e. The van der Waals surface area contributed by atoms with Gasteiger partial charge in [-0.2, -0.15) is 0 Å². The van der Waals surface area contributed by atoms with Crippen LogP contribution in [0.1, 0.15) is 22.3 Å². The summed E-state index contributed by atoms with van der Waals surface area (Å²) in [5.74, 6) is 0. The molecule has 0 amide bonds. The molecule has 0 aliphatic heterocycles. The third-order valence-corrected chi connectivity index (χ3v) is 9.34. The maximum absolute atomic E-state index is 2.34. The molecule has 44 heavy (non-hydrogen) atoms. The summed E-state index contributed by atoms with van der Waals surface area (Å²) in [5.41, 5.74) is 10.6. The predicted octanol–water partition coefficient (Wildman–Crippen LogP) is 12.6. The van der Waals surface area contributed by atoms with Gasteiger partial charge in [0.1, 0.15) is 0 Å². The Labute approximate surface area is 260 Å². The van der Waals surface area contributed by atoms with E-state index in [4.69, 9.17) is 0 Å². The Bertz CT molecular complexity index is 2070. The van der Waals surface area contributed by atoms with E-state index in [0.717, 1.165) is 0 Å². The Hall–Kier alpha value is -5.20.